The average molecular weight is 581 g/mol. The first-order valence-corrected chi connectivity index (χ1v) is 14.0. The van der Waals surface area contributed by atoms with Gasteiger partial charge in [-0.05, 0) is 37.5 Å². The Balaban J connectivity index is 1.24. The van der Waals surface area contributed by atoms with Crippen LogP contribution in [-0.4, -0.2) is 32.2 Å². The Hall–Kier alpha value is -4.16. The van der Waals surface area contributed by atoms with Gasteiger partial charge in [-0.1, -0.05) is 47.7 Å². The van der Waals surface area contributed by atoms with Crippen LogP contribution in [0, 0.1) is 11.6 Å². The molecular formula is C28H22F2N4O4S2. The number of anilines is 1. The third kappa shape index (κ3) is 4.42. The van der Waals surface area contributed by atoms with Crippen LogP contribution in [0.15, 0.2) is 54.6 Å². The van der Waals surface area contributed by atoms with Crippen LogP contribution < -0.4 is 5.32 Å². The van der Waals surface area contributed by atoms with Crippen molar-refractivity contribution < 1.29 is 28.2 Å². The largest absolute Gasteiger partial charge is 0.481 e. The first-order chi connectivity index (χ1) is 19.2. The first kappa shape index (κ1) is 26.1. The second kappa shape index (κ2) is 9.79. The minimum Gasteiger partial charge on any atom is -0.481 e. The normalized spacial score (nSPS) is 14.7. The SMILES string of the molecule is C[C@@H](OC(=O)Nc1c(-c2cc3sc(-c4ccc(C5(C(=O)O)CC5)c(F)c4F)cc3s2)nnn1C)c1ccccc1. The van der Waals surface area contributed by atoms with Crippen molar-refractivity contribution >= 4 is 50.0 Å². The van der Waals surface area contributed by atoms with Gasteiger partial charge in [-0.3, -0.25) is 10.1 Å². The number of hydrogen-bond acceptors (Lipinski definition) is 7. The minimum absolute atomic E-state index is 0.0783. The van der Waals surface area contributed by atoms with E-state index < -0.39 is 35.2 Å². The summed E-state index contributed by atoms with van der Waals surface area (Å²) in [4.78, 5) is 25.5. The molecule has 1 aliphatic rings. The van der Waals surface area contributed by atoms with Gasteiger partial charge in [-0.15, -0.1) is 27.8 Å². The van der Waals surface area contributed by atoms with E-state index in [4.69, 9.17) is 4.74 Å². The van der Waals surface area contributed by atoms with E-state index >= 15 is 4.39 Å². The van der Waals surface area contributed by atoms with Crippen molar-refractivity contribution in [2.45, 2.75) is 31.3 Å². The number of benzene rings is 2. The van der Waals surface area contributed by atoms with E-state index in [9.17, 15) is 19.1 Å². The molecule has 0 saturated heterocycles. The summed E-state index contributed by atoms with van der Waals surface area (Å²) in [6, 6.07) is 15.8. The molecule has 0 radical (unpaired) electrons. The van der Waals surface area contributed by atoms with Crippen molar-refractivity contribution in [3.05, 3.63) is 77.4 Å². The Morgan fingerprint density at radius 3 is 2.40 bits per heavy atom. The number of carboxylic acids is 1. The number of nitrogens with one attached hydrogen (secondary N) is 1. The molecule has 1 saturated carbocycles. The standard InChI is InChI=1S/C28H22F2N4O4S2/c1-14(15-6-4-3-5-7-15)38-27(37)31-25-24(32-33-34(25)2)21-13-20-19(40-21)12-18(39-20)16-8-9-17(23(30)22(16)29)28(10-11-28)26(35)36/h3-9,12-14H,10-11H2,1-2H3,(H,31,37)(H,35,36)/t14-/m1/s1. The topological polar surface area (TPSA) is 106 Å². The van der Waals surface area contributed by atoms with E-state index in [0.29, 0.717) is 29.2 Å². The van der Waals surface area contributed by atoms with Crippen molar-refractivity contribution in [3.63, 3.8) is 0 Å². The molecule has 0 unspecified atom stereocenters. The van der Waals surface area contributed by atoms with E-state index in [-0.39, 0.29) is 11.1 Å². The molecule has 1 aliphatic carbocycles. The smallest absolute Gasteiger partial charge is 0.413 e. The number of thiophene rings is 2. The molecule has 204 valence electrons. The fourth-order valence-corrected chi connectivity index (χ4v) is 7.06. The van der Waals surface area contributed by atoms with Gasteiger partial charge in [0.05, 0.1) is 10.3 Å². The quantitative estimate of drug-likeness (QED) is 0.212. The highest BCUT2D eigenvalue weighted by Crippen LogP contribution is 2.51. The van der Waals surface area contributed by atoms with Crippen molar-refractivity contribution in [2.24, 2.45) is 7.05 Å². The zero-order valence-corrected chi connectivity index (χ0v) is 22.9. The number of hydrogen-bond donors (Lipinski definition) is 2. The number of carboxylic acid groups (broad SMARTS) is 1. The van der Waals surface area contributed by atoms with Crippen LogP contribution in [0.25, 0.3) is 30.4 Å². The van der Waals surface area contributed by atoms with E-state index in [1.807, 2.05) is 36.4 Å². The maximum atomic E-state index is 15.1. The third-order valence-electron chi connectivity index (χ3n) is 7.06. The van der Waals surface area contributed by atoms with Gasteiger partial charge >= 0.3 is 12.1 Å². The lowest BCUT2D eigenvalue weighted by Gasteiger charge is -2.14. The second-order valence-corrected chi connectivity index (χ2v) is 11.8. The van der Waals surface area contributed by atoms with Gasteiger partial charge in [-0.2, -0.15) is 0 Å². The Bertz CT molecular complexity index is 1740. The maximum absolute atomic E-state index is 15.1. The molecule has 5 aromatic rings. The summed E-state index contributed by atoms with van der Waals surface area (Å²) in [5, 5.41) is 20.5. The van der Waals surface area contributed by atoms with Crippen LogP contribution >= 0.6 is 22.7 Å². The van der Waals surface area contributed by atoms with Crippen molar-refractivity contribution in [1.82, 2.24) is 15.0 Å². The molecule has 1 fully saturated rings. The summed E-state index contributed by atoms with van der Waals surface area (Å²) in [5.41, 5.74) is -0.0550. The summed E-state index contributed by atoms with van der Waals surface area (Å²) >= 11 is 2.65. The van der Waals surface area contributed by atoms with Crippen LogP contribution in [0.3, 0.4) is 0 Å². The van der Waals surface area contributed by atoms with E-state index in [2.05, 4.69) is 15.6 Å². The van der Waals surface area contributed by atoms with Crippen molar-refractivity contribution in [2.75, 3.05) is 5.32 Å². The number of ether oxygens (including phenoxy) is 1. The zero-order valence-electron chi connectivity index (χ0n) is 21.3. The van der Waals surface area contributed by atoms with Gasteiger partial charge in [0.2, 0.25) is 0 Å². The number of aryl methyl sites for hydroxylation is 1. The number of fused-ring (bicyclic) bond motifs is 1. The molecule has 0 bridgehead atoms. The average Bonchev–Trinajstić information content (AvgIpc) is 3.34. The number of amides is 1. The lowest BCUT2D eigenvalue weighted by molar-refractivity contribution is -0.140. The Labute approximate surface area is 234 Å². The summed E-state index contributed by atoms with van der Waals surface area (Å²) in [7, 11) is 1.65. The summed E-state index contributed by atoms with van der Waals surface area (Å²) in [5.74, 6) is -2.95. The molecule has 2 N–H and O–H groups in total. The molecule has 12 heteroatoms. The Kier molecular flexibility index (Phi) is 6.38. The number of aromatic nitrogens is 3. The summed E-state index contributed by atoms with van der Waals surface area (Å²) in [6.07, 6.45) is -0.535. The van der Waals surface area contributed by atoms with Gasteiger partial charge in [0, 0.05) is 32.5 Å². The summed E-state index contributed by atoms with van der Waals surface area (Å²) < 4.78 is 38.6. The Morgan fingerprint density at radius 1 is 1.05 bits per heavy atom. The van der Waals surface area contributed by atoms with Crippen molar-refractivity contribution in [1.29, 1.82) is 0 Å². The molecule has 40 heavy (non-hydrogen) atoms. The molecule has 0 spiro atoms. The maximum Gasteiger partial charge on any atom is 0.413 e. The van der Waals surface area contributed by atoms with Gasteiger partial charge in [0.15, 0.2) is 17.5 Å². The molecule has 3 aromatic heterocycles. The van der Waals surface area contributed by atoms with E-state index in [0.717, 1.165) is 19.8 Å². The number of carbonyl (C=O) groups is 2. The fraction of sp³-hybridized carbons (Fsp3) is 0.214. The monoisotopic (exact) mass is 580 g/mol. The molecule has 3 heterocycles. The number of nitrogens with zero attached hydrogens (tertiary/aromatic N) is 3. The Morgan fingerprint density at radius 2 is 1.73 bits per heavy atom. The van der Waals surface area contributed by atoms with Crippen LogP contribution in [0.5, 0.6) is 0 Å². The molecule has 1 amide bonds. The minimum atomic E-state index is -1.33. The van der Waals surface area contributed by atoms with Gasteiger partial charge < -0.3 is 9.84 Å². The molecule has 8 nitrogen and oxygen atoms in total. The van der Waals surface area contributed by atoms with E-state index in [1.54, 1.807) is 20.0 Å². The number of rotatable bonds is 7. The zero-order chi connectivity index (χ0) is 28.2. The van der Waals surface area contributed by atoms with Gasteiger partial charge in [0.25, 0.3) is 0 Å². The molecular weight excluding hydrogens is 558 g/mol. The van der Waals surface area contributed by atoms with Crippen LogP contribution in [0.2, 0.25) is 0 Å². The van der Waals surface area contributed by atoms with Crippen LogP contribution in [0.1, 0.15) is 37.0 Å². The highest BCUT2D eigenvalue weighted by molar-refractivity contribution is 7.31. The number of halogens is 2. The van der Waals surface area contributed by atoms with E-state index in [1.165, 1.54) is 39.5 Å². The predicted molar refractivity (Wildman–Crippen MR) is 149 cm³/mol. The predicted octanol–water partition coefficient (Wildman–Crippen LogP) is 7.13. The fourth-order valence-electron chi connectivity index (χ4n) is 4.66. The van der Waals surface area contributed by atoms with Gasteiger partial charge in [-0.25, -0.2) is 18.3 Å². The highest BCUT2D eigenvalue weighted by atomic mass is 32.1. The second-order valence-electron chi connectivity index (χ2n) is 9.62. The first-order valence-electron chi connectivity index (χ1n) is 12.4. The lowest BCUT2D eigenvalue weighted by Crippen LogP contribution is -2.21. The molecule has 2 aromatic carbocycles. The molecule has 0 aliphatic heterocycles. The summed E-state index contributed by atoms with van der Waals surface area (Å²) in [6.45, 7) is 1.78. The highest BCUT2D eigenvalue weighted by Gasteiger charge is 2.53. The van der Waals surface area contributed by atoms with Crippen molar-refractivity contribution in [3.8, 4) is 21.0 Å². The molecule has 1 atom stereocenters. The van der Waals surface area contributed by atoms with Gasteiger partial charge in [0.1, 0.15) is 11.8 Å². The number of carbonyl (C=O) groups excluding carboxylic acids is 1. The van der Waals surface area contributed by atoms with Crippen LogP contribution in [-0.2, 0) is 22.0 Å². The number of aliphatic carboxylic acids is 1. The lowest BCUT2D eigenvalue weighted by atomic mass is 9.94. The van der Waals surface area contributed by atoms with Crippen LogP contribution in [0.4, 0.5) is 19.4 Å². The third-order valence-corrected chi connectivity index (χ3v) is 9.40. The molecule has 6 rings (SSSR count).